The van der Waals surface area contributed by atoms with Gasteiger partial charge in [-0.2, -0.15) is 0 Å². The number of hydrogen-bond acceptors (Lipinski definition) is 5. The van der Waals surface area contributed by atoms with Gasteiger partial charge in [-0.3, -0.25) is 9.79 Å². The zero-order valence-corrected chi connectivity index (χ0v) is 18.1. The van der Waals surface area contributed by atoms with Gasteiger partial charge >= 0.3 is 5.97 Å². The number of fused-ring (bicyclic) bond motifs is 1. The summed E-state index contributed by atoms with van der Waals surface area (Å²) in [6, 6.07) is 12.4. The van der Waals surface area contributed by atoms with Gasteiger partial charge in [-0.15, -0.1) is 0 Å². The van der Waals surface area contributed by atoms with Gasteiger partial charge in [0.1, 0.15) is 11.9 Å². The van der Waals surface area contributed by atoms with Crippen LogP contribution in [0.4, 0.5) is 10.1 Å². The van der Waals surface area contributed by atoms with Crippen LogP contribution in [0, 0.1) is 5.82 Å². The molecule has 1 N–H and O–H groups in total. The third-order valence-corrected chi connectivity index (χ3v) is 5.39. The third-order valence-electron chi connectivity index (χ3n) is 4.86. The largest absolute Gasteiger partial charge is 0.466 e. The molecule has 5 nitrogen and oxygen atoms in total. The number of esters is 1. The molecule has 154 valence electrons. The number of rotatable bonds is 8. The van der Waals surface area contributed by atoms with Crippen molar-refractivity contribution in [2.75, 3.05) is 18.5 Å². The number of halogens is 2. The van der Waals surface area contributed by atoms with Gasteiger partial charge < -0.3 is 10.1 Å². The number of nitrogens with one attached hydrogen (secondary N) is 1. The molecule has 30 heavy (non-hydrogen) atoms. The number of nitrogens with zero attached hydrogens (tertiary/aromatic N) is 2. The first kappa shape index (κ1) is 20.5. The number of benzene rings is 2. The quantitative estimate of drug-likeness (QED) is 0.340. The fourth-order valence-electron chi connectivity index (χ4n) is 3.43. The summed E-state index contributed by atoms with van der Waals surface area (Å²) in [6.45, 7) is 2.72. The van der Waals surface area contributed by atoms with Crippen molar-refractivity contribution in [2.24, 2.45) is 4.99 Å². The van der Waals surface area contributed by atoms with Crippen molar-refractivity contribution in [3.05, 3.63) is 58.3 Å². The minimum Gasteiger partial charge on any atom is -0.466 e. The lowest BCUT2D eigenvalue weighted by atomic mass is 9.97. The van der Waals surface area contributed by atoms with Gasteiger partial charge in [0.2, 0.25) is 0 Å². The van der Waals surface area contributed by atoms with Crippen LogP contribution in [0.2, 0.25) is 0 Å². The zero-order valence-electron chi connectivity index (χ0n) is 16.5. The van der Waals surface area contributed by atoms with E-state index in [9.17, 15) is 9.18 Å². The van der Waals surface area contributed by atoms with Crippen LogP contribution < -0.4 is 5.32 Å². The fourth-order valence-corrected chi connectivity index (χ4v) is 3.69. The summed E-state index contributed by atoms with van der Waals surface area (Å²) < 4.78 is 20.0. The fraction of sp³-hybridized carbons (Fsp3) is 0.261. The molecule has 0 fully saturated rings. The number of ether oxygens (including phenoxy) is 1. The molecule has 1 aliphatic rings. The van der Waals surface area contributed by atoms with Crippen LogP contribution in [0.15, 0.2) is 51.9 Å². The molecule has 1 unspecified atom stereocenters. The summed E-state index contributed by atoms with van der Waals surface area (Å²) in [6.07, 6.45) is 2.79. The Morgan fingerprint density at radius 1 is 1.23 bits per heavy atom. The highest BCUT2D eigenvalue weighted by atomic mass is 79.9. The van der Waals surface area contributed by atoms with Crippen molar-refractivity contribution in [1.82, 2.24) is 4.98 Å². The Labute approximate surface area is 182 Å². The number of pyridine rings is 1. The van der Waals surface area contributed by atoms with Gasteiger partial charge in [0.15, 0.2) is 0 Å². The molecule has 0 saturated carbocycles. The molecule has 2 aromatic carbocycles. The van der Waals surface area contributed by atoms with E-state index >= 15 is 0 Å². The number of aliphatic imine (C=N–C) groups is 1. The van der Waals surface area contributed by atoms with E-state index in [-0.39, 0.29) is 17.8 Å². The van der Waals surface area contributed by atoms with E-state index < -0.39 is 0 Å². The van der Waals surface area contributed by atoms with Crippen molar-refractivity contribution < 1.29 is 13.9 Å². The number of carbonyl (C=O) groups excluding carboxylic acids is 1. The molecule has 1 aromatic heterocycles. The Bertz CT molecular complexity index is 1110. The van der Waals surface area contributed by atoms with Crippen molar-refractivity contribution in [2.45, 2.75) is 25.8 Å². The normalized spacial score (nSPS) is 14.7. The Morgan fingerprint density at radius 2 is 2.00 bits per heavy atom. The van der Waals surface area contributed by atoms with Gasteiger partial charge in [0.05, 0.1) is 23.5 Å². The number of anilines is 1. The van der Waals surface area contributed by atoms with Crippen LogP contribution in [0.1, 0.15) is 31.4 Å². The van der Waals surface area contributed by atoms with Crippen molar-refractivity contribution in [3.8, 4) is 11.3 Å². The second kappa shape index (κ2) is 8.92. The van der Waals surface area contributed by atoms with Crippen LogP contribution in [0.3, 0.4) is 0 Å². The highest BCUT2D eigenvalue weighted by molar-refractivity contribution is 9.10. The molecule has 2 heterocycles. The first-order chi connectivity index (χ1) is 14.6. The summed E-state index contributed by atoms with van der Waals surface area (Å²) in [7, 11) is 0. The zero-order chi connectivity index (χ0) is 21.1. The number of aromatic nitrogens is 1. The highest BCUT2D eigenvalue weighted by Crippen LogP contribution is 2.42. The molecule has 7 heteroatoms. The summed E-state index contributed by atoms with van der Waals surface area (Å²) in [5, 5.41) is 4.13. The molecule has 4 rings (SSSR count). The van der Waals surface area contributed by atoms with Crippen LogP contribution in [0.25, 0.3) is 22.2 Å². The lowest BCUT2D eigenvalue weighted by molar-refractivity contribution is -0.143. The smallest absolute Gasteiger partial charge is 0.305 e. The molecule has 0 aliphatic carbocycles. The molecule has 3 aromatic rings. The standard InChI is InChI=1S/C23H21BrFN3O2/c1-2-30-20(29)4-3-11-26-23-17-12-16(25)9-10-18(17)28-22(21(23)19-13-27-19)14-5-7-15(24)8-6-14/h5-10,12-13,19H,2-4,11H2,1H3,(H,26,28). The molecule has 0 spiro atoms. The Morgan fingerprint density at radius 3 is 2.70 bits per heavy atom. The molecular weight excluding hydrogens is 449 g/mol. The average Bonchev–Trinajstić information content (AvgIpc) is 3.56. The van der Waals surface area contributed by atoms with Crippen molar-refractivity contribution in [3.63, 3.8) is 0 Å². The predicted octanol–water partition coefficient (Wildman–Crippen LogP) is 5.68. The van der Waals surface area contributed by atoms with E-state index in [0.717, 1.165) is 27.0 Å². The van der Waals surface area contributed by atoms with Crippen LogP contribution in [-0.2, 0) is 9.53 Å². The van der Waals surface area contributed by atoms with E-state index in [1.165, 1.54) is 12.1 Å². The number of carbonyl (C=O) groups is 1. The third kappa shape index (κ3) is 4.51. The highest BCUT2D eigenvalue weighted by Gasteiger charge is 2.27. The lowest BCUT2D eigenvalue weighted by Crippen LogP contribution is -2.11. The second-order valence-electron chi connectivity index (χ2n) is 7.00. The Hall–Kier alpha value is -2.80. The van der Waals surface area contributed by atoms with Gasteiger partial charge in [-0.25, -0.2) is 9.37 Å². The van der Waals surface area contributed by atoms with Gasteiger partial charge in [0.25, 0.3) is 0 Å². The first-order valence-electron chi connectivity index (χ1n) is 9.88. The SMILES string of the molecule is CCOC(=O)CCCNc1c(C2C=N2)c(-c2ccc(Br)cc2)nc2ccc(F)cc12. The molecule has 0 saturated heterocycles. The van der Waals surface area contributed by atoms with Crippen LogP contribution in [-0.4, -0.2) is 30.3 Å². The van der Waals surface area contributed by atoms with E-state index in [4.69, 9.17) is 9.72 Å². The maximum absolute atomic E-state index is 14.1. The maximum atomic E-state index is 14.1. The van der Waals surface area contributed by atoms with E-state index in [2.05, 4.69) is 26.2 Å². The van der Waals surface area contributed by atoms with E-state index in [0.29, 0.717) is 36.9 Å². The van der Waals surface area contributed by atoms with Gasteiger partial charge in [-0.1, -0.05) is 28.1 Å². The first-order valence-corrected chi connectivity index (χ1v) is 10.7. The summed E-state index contributed by atoms with van der Waals surface area (Å²) in [4.78, 5) is 20.8. The van der Waals surface area contributed by atoms with Crippen molar-refractivity contribution in [1.29, 1.82) is 0 Å². The van der Waals surface area contributed by atoms with Gasteiger partial charge in [0, 0.05) is 40.2 Å². The topological polar surface area (TPSA) is 63.6 Å². The second-order valence-corrected chi connectivity index (χ2v) is 7.91. The molecule has 0 bridgehead atoms. The minimum absolute atomic E-state index is 0.0867. The van der Waals surface area contributed by atoms with E-state index in [1.54, 1.807) is 13.0 Å². The predicted molar refractivity (Wildman–Crippen MR) is 120 cm³/mol. The average molecular weight is 470 g/mol. The Kier molecular flexibility index (Phi) is 6.08. The van der Waals surface area contributed by atoms with Crippen LogP contribution >= 0.6 is 15.9 Å². The molecule has 0 radical (unpaired) electrons. The monoisotopic (exact) mass is 469 g/mol. The summed E-state index contributed by atoms with van der Waals surface area (Å²) >= 11 is 3.47. The lowest BCUT2D eigenvalue weighted by Gasteiger charge is -2.18. The maximum Gasteiger partial charge on any atom is 0.305 e. The number of hydrogen-bond donors (Lipinski definition) is 1. The minimum atomic E-state index is -0.321. The molecule has 1 aliphatic heterocycles. The van der Waals surface area contributed by atoms with Crippen molar-refractivity contribution >= 4 is 44.7 Å². The summed E-state index contributed by atoms with van der Waals surface area (Å²) in [5.74, 6) is -0.538. The summed E-state index contributed by atoms with van der Waals surface area (Å²) in [5.41, 5.74) is 4.21. The van der Waals surface area contributed by atoms with E-state index in [1.807, 2.05) is 30.5 Å². The molecule has 1 atom stereocenters. The molecule has 0 amide bonds. The van der Waals surface area contributed by atoms with Crippen LogP contribution in [0.5, 0.6) is 0 Å². The molecular formula is C23H21BrFN3O2. The van der Waals surface area contributed by atoms with Gasteiger partial charge in [-0.05, 0) is 43.7 Å². The Balaban J connectivity index is 1.73.